The molecular formula is C26H29ClN4O2S. The Kier molecular flexibility index (Phi) is 7.36. The van der Waals surface area contributed by atoms with E-state index < -0.39 is 0 Å². The molecule has 0 spiro atoms. The van der Waals surface area contributed by atoms with Gasteiger partial charge in [-0.05, 0) is 55.6 Å². The Labute approximate surface area is 209 Å². The number of aromatic nitrogens is 1. The van der Waals surface area contributed by atoms with Crippen molar-refractivity contribution in [3.05, 3.63) is 65.3 Å². The molecule has 1 aliphatic heterocycles. The first-order valence-electron chi connectivity index (χ1n) is 11.2. The van der Waals surface area contributed by atoms with Gasteiger partial charge in [-0.15, -0.1) is 0 Å². The lowest BCUT2D eigenvalue weighted by atomic mass is 10.1. The molecule has 0 aliphatic carbocycles. The number of carbonyl (C=O) groups excluding carboxylic acids is 2. The van der Waals surface area contributed by atoms with E-state index in [0.29, 0.717) is 42.3 Å². The van der Waals surface area contributed by atoms with Crippen LogP contribution >= 0.6 is 23.4 Å². The number of hydrogen-bond donors (Lipinski definition) is 1. The minimum absolute atomic E-state index is 0.0374. The van der Waals surface area contributed by atoms with Crippen molar-refractivity contribution in [3.8, 4) is 0 Å². The monoisotopic (exact) mass is 496 g/mol. The van der Waals surface area contributed by atoms with Gasteiger partial charge in [-0.3, -0.25) is 9.59 Å². The second-order valence-corrected chi connectivity index (χ2v) is 10.3. The lowest BCUT2D eigenvalue weighted by Crippen LogP contribution is -2.50. The number of H-pyrrole nitrogens is 1. The van der Waals surface area contributed by atoms with E-state index in [-0.39, 0.29) is 11.8 Å². The molecule has 2 amide bonds. The summed E-state index contributed by atoms with van der Waals surface area (Å²) in [4.78, 5) is 35.5. The zero-order valence-electron chi connectivity index (χ0n) is 19.7. The van der Waals surface area contributed by atoms with Crippen molar-refractivity contribution in [2.24, 2.45) is 0 Å². The number of amides is 2. The number of carbonyl (C=O) groups is 2. The van der Waals surface area contributed by atoms with Crippen LogP contribution in [0.15, 0.2) is 59.0 Å². The summed E-state index contributed by atoms with van der Waals surface area (Å²) in [7, 11) is 4.12. The molecule has 3 aromatic rings. The molecule has 1 N–H and O–H groups in total. The van der Waals surface area contributed by atoms with Gasteiger partial charge >= 0.3 is 0 Å². The fourth-order valence-electron chi connectivity index (χ4n) is 4.13. The molecule has 2 aromatic carbocycles. The lowest BCUT2D eigenvalue weighted by molar-refractivity contribution is -0.135. The molecule has 0 radical (unpaired) electrons. The molecule has 0 saturated carbocycles. The minimum Gasteiger partial charge on any atom is -0.361 e. The van der Waals surface area contributed by atoms with Crippen LogP contribution in [-0.4, -0.2) is 71.8 Å². The van der Waals surface area contributed by atoms with Crippen LogP contribution in [0.2, 0.25) is 5.02 Å². The topological polar surface area (TPSA) is 59.7 Å². The Morgan fingerprint density at radius 2 is 1.79 bits per heavy atom. The van der Waals surface area contributed by atoms with Crippen LogP contribution in [0.4, 0.5) is 0 Å². The second-order valence-electron chi connectivity index (χ2n) is 8.78. The summed E-state index contributed by atoms with van der Waals surface area (Å²) >= 11 is 8.22. The number of hydrogen-bond acceptors (Lipinski definition) is 4. The molecule has 1 fully saturated rings. The van der Waals surface area contributed by atoms with E-state index >= 15 is 0 Å². The van der Waals surface area contributed by atoms with Gasteiger partial charge in [0.1, 0.15) is 0 Å². The third kappa shape index (κ3) is 5.32. The number of benzene rings is 2. The Balaban J connectivity index is 1.46. The summed E-state index contributed by atoms with van der Waals surface area (Å²) in [6.07, 6.45) is 2.06. The number of fused-ring (bicyclic) bond motifs is 1. The molecule has 8 heteroatoms. The molecule has 34 heavy (non-hydrogen) atoms. The highest BCUT2D eigenvalue weighted by Crippen LogP contribution is 2.36. The third-order valence-corrected chi connectivity index (χ3v) is 7.49. The molecule has 0 bridgehead atoms. The smallest absolute Gasteiger partial charge is 0.253 e. The van der Waals surface area contributed by atoms with Gasteiger partial charge in [-0.1, -0.05) is 36.0 Å². The highest BCUT2D eigenvalue weighted by molar-refractivity contribution is 7.99. The molecule has 2 heterocycles. The molecule has 1 aliphatic rings. The molecule has 178 valence electrons. The van der Waals surface area contributed by atoms with Gasteiger partial charge in [0, 0.05) is 72.1 Å². The Morgan fingerprint density at radius 1 is 1.09 bits per heavy atom. The Morgan fingerprint density at radius 3 is 2.44 bits per heavy atom. The standard InChI is InChI=1S/C26H29ClN4O2S/c1-17(26(33)31-11-9-30(10-12-31)18(2)32)19-5-8-25(23(27)13-19)34-21-6-7-24-22(14-21)20(15-28-24)16-29(3)4/h5-8,13-15,28H,1,9-12,16H2,2-4H3. The van der Waals surface area contributed by atoms with Crippen molar-refractivity contribution in [2.75, 3.05) is 40.3 Å². The summed E-state index contributed by atoms with van der Waals surface area (Å²) in [5.74, 6) is -0.0821. The van der Waals surface area contributed by atoms with E-state index in [4.69, 9.17) is 11.6 Å². The first-order valence-corrected chi connectivity index (χ1v) is 12.4. The van der Waals surface area contributed by atoms with Crippen molar-refractivity contribution in [2.45, 2.75) is 23.3 Å². The SMILES string of the molecule is C=C(C(=O)N1CCN(C(C)=O)CC1)c1ccc(Sc2ccc3[nH]cc(CN(C)C)c3c2)c(Cl)c1. The number of piperazine rings is 1. The van der Waals surface area contributed by atoms with E-state index in [0.717, 1.165) is 21.9 Å². The van der Waals surface area contributed by atoms with Gasteiger partial charge in [0.25, 0.3) is 5.91 Å². The number of aromatic amines is 1. The molecule has 6 nitrogen and oxygen atoms in total. The Bertz CT molecular complexity index is 1240. The fourth-order valence-corrected chi connectivity index (χ4v) is 5.29. The predicted octanol–water partition coefficient (Wildman–Crippen LogP) is 4.74. The van der Waals surface area contributed by atoms with Gasteiger partial charge in [0.15, 0.2) is 0 Å². The van der Waals surface area contributed by atoms with Crippen LogP contribution in [0.5, 0.6) is 0 Å². The van der Waals surface area contributed by atoms with Crippen LogP contribution in [0, 0.1) is 0 Å². The maximum Gasteiger partial charge on any atom is 0.253 e. The van der Waals surface area contributed by atoms with Gasteiger partial charge in [0.05, 0.1) is 5.02 Å². The van der Waals surface area contributed by atoms with E-state index in [1.165, 1.54) is 10.9 Å². The number of halogens is 1. The summed E-state index contributed by atoms with van der Waals surface area (Å²) in [5.41, 5.74) is 3.49. The van der Waals surface area contributed by atoms with E-state index in [1.54, 1.807) is 28.5 Å². The van der Waals surface area contributed by atoms with Crippen LogP contribution in [0.25, 0.3) is 16.5 Å². The van der Waals surface area contributed by atoms with Gasteiger partial charge in [-0.25, -0.2) is 0 Å². The third-order valence-electron chi connectivity index (χ3n) is 6.00. The highest BCUT2D eigenvalue weighted by Gasteiger charge is 2.24. The van der Waals surface area contributed by atoms with Gasteiger partial charge in [0.2, 0.25) is 5.91 Å². The van der Waals surface area contributed by atoms with E-state index in [1.807, 2.05) is 18.2 Å². The molecule has 1 saturated heterocycles. The van der Waals surface area contributed by atoms with Crippen LogP contribution in [-0.2, 0) is 16.1 Å². The summed E-state index contributed by atoms with van der Waals surface area (Å²) in [5, 5.41) is 1.79. The zero-order chi connectivity index (χ0) is 24.4. The molecule has 4 rings (SSSR count). The molecule has 0 unspecified atom stereocenters. The zero-order valence-corrected chi connectivity index (χ0v) is 21.3. The van der Waals surface area contributed by atoms with E-state index in [2.05, 4.69) is 55.0 Å². The number of rotatable bonds is 6. The van der Waals surface area contributed by atoms with Crippen LogP contribution in [0.1, 0.15) is 18.1 Å². The molecule has 0 atom stereocenters. The maximum atomic E-state index is 12.9. The lowest BCUT2D eigenvalue weighted by Gasteiger charge is -2.34. The van der Waals surface area contributed by atoms with E-state index in [9.17, 15) is 9.59 Å². The normalized spacial score (nSPS) is 14.1. The Hall–Kier alpha value is -2.74. The minimum atomic E-state index is -0.119. The number of nitrogens with one attached hydrogen (secondary N) is 1. The average molecular weight is 497 g/mol. The summed E-state index contributed by atoms with van der Waals surface area (Å²) in [6.45, 7) is 8.56. The summed E-state index contributed by atoms with van der Waals surface area (Å²) in [6, 6.07) is 12.0. The van der Waals surface area contributed by atoms with Crippen molar-refractivity contribution in [1.82, 2.24) is 19.7 Å². The highest BCUT2D eigenvalue weighted by atomic mass is 35.5. The first-order chi connectivity index (χ1) is 16.2. The second kappa shape index (κ2) is 10.3. The predicted molar refractivity (Wildman–Crippen MR) is 139 cm³/mol. The maximum absolute atomic E-state index is 12.9. The number of nitrogens with zero attached hydrogens (tertiary/aromatic N) is 3. The van der Waals surface area contributed by atoms with Gasteiger partial charge < -0.3 is 19.7 Å². The first kappa shape index (κ1) is 24.4. The van der Waals surface area contributed by atoms with Crippen molar-refractivity contribution in [1.29, 1.82) is 0 Å². The van der Waals surface area contributed by atoms with Crippen molar-refractivity contribution in [3.63, 3.8) is 0 Å². The molecular weight excluding hydrogens is 468 g/mol. The van der Waals surface area contributed by atoms with Crippen molar-refractivity contribution >= 4 is 51.7 Å². The quantitative estimate of drug-likeness (QED) is 0.501. The van der Waals surface area contributed by atoms with Crippen LogP contribution in [0.3, 0.4) is 0 Å². The van der Waals surface area contributed by atoms with Crippen LogP contribution < -0.4 is 0 Å². The molecule has 1 aromatic heterocycles. The largest absolute Gasteiger partial charge is 0.361 e. The summed E-state index contributed by atoms with van der Waals surface area (Å²) < 4.78 is 0. The van der Waals surface area contributed by atoms with Crippen molar-refractivity contribution < 1.29 is 9.59 Å². The van der Waals surface area contributed by atoms with Gasteiger partial charge in [-0.2, -0.15) is 0 Å². The average Bonchev–Trinajstić information content (AvgIpc) is 3.20. The fraction of sp³-hybridized carbons (Fsp3) is 0.308.